The van der Waals surface area contributed by atoms with Gasteiger partial charge in [-0.1, -0.05) is 0 Å². The Kier molecular flexibility index (Phi) is 6.09. The molecule has 0 bridgehead atoms. The number of carbonyl (C=O) groups excluding carboxylic acids is 1. The number of hydrogen-bond acceptors (Lipinski definition) is 9. The third kappa shape index (κ3) is 4.02. The summed E-state index contributed by atoms with van der Waals surface area (Å²) in [6.07, 6.45) is 0. The monoisotopic (exact) mass is 451 g/mol. The van der Waals surface area contributed by atoms with Crippen LogP contribution in [0.4, 0.5) is 11.6 Å². The number of methoxy groups -OCH3 is 4. The van der Waals surface area contributed by atoms with Crippen LogP contribution in [0.5, 0.6) is 23.0 Å². The van der Waals surface area contributed by atoms with Crippen LogP contribution in [-0.4, -0.2) is 44.2 Å². The lowest BCUT2D eigenvalue weighted by Gasteiger charge is -2.14. The van der Waals surface area contributed by atoms with Crippen molar-refractivity contribution in [3.05, 3.63) is 59.1 Å². The van der Waals surface area contributed by atoms with E-state index in [0.717, 1.165) is 11.4 Å². The van der Waals surface area contributed by atoms with E-state index in [1.807, 2.05) is 35.7 Å². The summed E-state index contributed by atoms with van der Waals surface area (Å²) in [6, 6.07) is 12.4. The lowest BCUT2D eigenvalue weighted by molar-refractivity contribution is 0.103. The lowest BCUT2D eigenvalue weighted by Crippen LogP contribution is -2.09. The topological polar surface area (TPSA) is 91.8 Å². The number of nitrogens with zero attached hydrogens (tertiary/aromatic N) is 2. The third-order valence-electron chi connectivity index (χ3n) is 4.79. The number of carbonyl (C=O) groups is 1. The molecule has 2 aromatic heterocycles. The molecule has 0 unspecified atom stereocenters. The molecule has 0 spiro atoms. The molecule has 2 heterocycles. The molecule has 0 amide bonds. The maximum absolute atomic E-state index is 13.5. The van der Waals surface area contributed by atoms with Crippen molar-refractivity contribution in [1.82, 2.24) is 9.97 Å². The molecule has 9 heteroatoms. The van der Waals surface area contributed by atoms with Gasteiger partial charge in [0.05, 0.1) is 38.7 Å². The molecule has 1 N–H and O–H groups in total. The van der Waals surface area contributed by atoms with Gasteiger partial charge in [-0.3, -0.25) is 4.79 Å². The van der Waals surface area contributed by atoms with Crippen LogP contribution in [0.2, 0.25) is 0 Å². The van der Waals surface area contributed by atoms with E-state index in [1.165, 1.54) is 32.7 Å². The first-order valence-electron chi connectivity index (χ1n) is 9.59. The first-order valence-corrected chi connectivity index (χ1v) is 10.5. The largest absolute Gasteiger partial charge is 0.497 e. The second kappa shape index (κ2) is 9.11. The number of ether oxygens (including phenoxy) is 4. The van der Waals surface area contributed by atoms with Crippen molar-refractivity contribution in [3.8, 4) is 23.0 Å². The minimum atomic E-state index is -0.281. The van der Waals surface area contributed by atoms with Gasteiger partial charge in [-0.15, -0.1) is 11.3 Å². The summed E-state index contributed by atoms with van der Waals surface area (Å²) in [7, 11) is 6.13. The fourth-order valence-corrected chi connectivity index (χ4v) is 4.04. The second-order valence-electron chi connectivity index (χ2n) is 6.63. The number of aromatic nitrogens is 2. The zero-order chi connectivity index (χ0) is 22.7. The normalized spacial score (nSPS) is 10.6. The van der Waals surface area contributed by atoms with E-state index in [1.54, 1.807) is 19.2 Å². The molecule has 0 fully saturated rings. The molecule has 0 saturated carbocycles. The molecule has 164 valence electrons. The van der Waals surface area contributed by atoms with Crippen molar-refractivity contribution in [2.45, 2.75) is 0 Å². The molecule has 0 atom stereocenters. The van der Waals surface area contributed by atoms with Gasteiger partial charge in [0.15, 0.2) is 11.5 Å². The molecule has 0 aliphatic heterocycles. The molecule has 0 aliphatic carbocycles. The van der Waals surface area contributed by atoms with Gasteiger partial charge in [0.2, 0.25) is 17.5 Å². The van der Waals surface area contributed by atoms with Crippen molar-refractivity contribution >= 4 is 39.0 Å². The third-order valence-corrected chi connectivity index (χ3v) is 5.70. The summed E-state index contributed by atoms with van der Waals surface area (Å²) in [6.45, 7) is 0. The Morgan fingerprint density at radius 3 is 2.16 bits per heavy atom. The summed E-state index contributed by atoms with van der Waals surface area (Å²) >= 11 is 1.41. The Morgan fingerprint density at radius 2 is 1.56 bits per heavy atom. The Balaban J connectivity index is 1.76. The van der Waals surface area contributed by atoms with Crippen LogP contribution in [0, 0.1) is 0 Å². The fraction of sp³-hybridized carbons (Fsp3) is 0.174. The predicted molar refractivity (Wildman–Crippen MR) is 123 cm³/mol. The molecular weight excluding hydrogens is 430 g/mol. The molecule has 0 aliphatic rings. The second-order valence-corrected chi connectivity index (χ2v) is 7.54. The molecule has 4 aromatic rings. The van der Waals surface area contributed by atoms with Crippen LogP contribution in [0.1, 0.15) is 16.1 Å². The molecule has 4 rings (SSSR count). The average Bonchev–Trinajstić information content (AvgIpc) is 3.31. The summed E-state index contributed by atoms with van der Waals surface area (Å²) in [5.74, 6) is 1.97. The predicted octanol–water partition coefficient (Wildman–Crippen LogP) is 4.70. The highest BCUT2D eigenvalue weighted by Crippen LogP contribution is 2.39. The number of thiophene rings is 1. The summed E-state index contributed by atoms with van der Waals surface area (Å²) in [5, 5.41) is 5.03. The number of fused-ring (bicyclic) bond motifs is 1. The summed E-state index contributed by atoms with van der Waals surface area (Å²) < 4.78 is 22.0. The summed E-state index contributed by atoms with van der Waals surface area (Å²) in [5.41, 5.74) is 2.10. The van der Waals surface area contributed by atoms with Crippen molar-refractivity contribution in [3.63, 3.8) is 0 Å². The average molecular weight is 452 g/mol. The maximum Gasteiger partial charge on any atom is 0.228 e. The molecule has 32 heavy (non-hydrogen) atoms. The van der Waals surface area contributed by atoms with Crippen LogP contribution >= 0.6 is 11.3 Å². The van der Waals surface area contributed by atoms with Gasteiger partial charge in [-0.2, -0.15) is 0 Å². The van der Waals surface area contributed by atoms with Crippen molar-refractivity contribution in [2.75, 3.05) is 33.8 Å². The number of ketones is 1. The lowest BCUT2D eigenvalue weighted by atomic mass is 10.1. The van der Waals surface area contributed by atoms with Gasteiger partial charge in [-0.05, 0) is 47.8 Å². The Hall–Kier alpha value is -3.85. The molecule has 2 aromatic carbocycles. The standard InChI is InChI=1S/C23H21N3O5S/c1-28-15-7-5-14(6-8-15)24-23-25-16-9-10-32-22(16)19(26-23)20(27)13-11-17(29-2)21(31-4)18(12-13)30-3/h5-12H,1-4H3,(H,24,25,26). The number of hydrogen-bond donors (Lipinski definition) is 1. The van der Waals surface area contributed by atoms with Crippen LogP contribution in [0.25, 0.3) is 10.2 Å². The number of rotatable bonds is 8. The van der Waals surface area contributed by atoms with E-state index < -0.39 is 0 Å². The van der Waals surface area contributed by atoms with Crippen LogP contribution < -0.4 is 24.3 Å². The van der Waals surface area contributed by atoms with E-state index in [9.17, 15) is 4.79 Å². The number of nitrogens with one attached hydrogen (secondary N) is 1. The van der Waals surface area contributed by atoms with Crippen LogP contribution in [-0.2, 0) is 0 Å². The Morgan fingerprint density at radius 1 is 0.875 bits per heavy atom. The van der Waals surface area contributed by atoms with Gasteiger partial charge < -0.3 is 24.3 Å². The van der Waals surface area contributed by atoms with Gasteiger partial charge >= 0.3 is 0 Å². The summed E-state index contributed by atoms with van der Waals surface area (Å²) in [4.78, 5) is 22.6. The highest BCUT2D eigenvalue weighted by molar-refractivity contribution is 7.17. The smallest absolute Gasteiger partial charge is 0.228 e. The maximum atomic E-state index is 13.5. The first-order chi connectivity index (χ1) is 15.6. The van der Waals surface area contributed by atoms with Crippen LogP contribution in [0.15, 0.2) is 47.8 Å². The van der Waals surface area contributed by atoms with Gasteiger partial charge in [0.25, 0.3) is 0 Å². The zero-order valence-electron chi connectivity index (χ0n) is 18.0. The minimum Gasteiger partial charge on any atom is -0.497 e. The quantitative estimate of drug-likeness (QED) is 0.386. The Bertz CT molecular complexity index is 1250. The highest BCUT2D eigenvalue weighted by atomic mass is 32.1. The minimum absolute atomic E-state index is 0.281. The zero-order valence-corrected chi connectivity index (χ0v) is 18.8. The van der Waals surface area contributed by atoms with Gasteiger partial charge in [0.1, 0.15) is 11.4 Å². The van der Waals surface area contributed by atoms with Crippen molar-refractivity contribution in [2.24, 2.45) is 0 Å². The van der Waals surface area contributed by atoms with E-state index in [0.29, 0.717) is 39.0 Å². The molecular formula is C23H21N3O5S. The van der Waals surface area contributed by atoms with Crippen molar-refractivity contribution in [1.29, 1.82) is 0 Å². The van der Waals surface area contributed by atoms with Gasteiger partial charge in [0, 0.05) is 11.3 Å². The highest BCUT2D eigenvalue weighted by Gasteiger charge is 2.22. The molecule has 0 saturated heterocycles. The number of benzene rings is 2. The van der Waals surface area contributed by atoms with Crippen molar-refractivity contribution < 1.29 is 23.7 Å². The fourth-order valence-electron chi connectivity index (χ4n) is 3.23. The van der Waals surface area contributed by atoms with E-state index in [2.05, 4.69) is 15.3 Å². The van der Waals surface area contributed by atoms with E-state index in [-0.39, 0.29) is 11.5 Å². The molecule has 8 nitrogen and oxygen atoms in total. The SMILES string of the molecule is COc1ccc(Nc2nc(C(=O)c3cc(OC)c(OC)c(OC)c3)c3sccc3n2)cc1. The first kappa shape index (κ1) is 21.4. The van der Waals surface area contributed by atoms with Crippen LogP contribution in [0.3, 0.4) is 0 Å². The van der Waals surface area contributed by atoms with E-state index in [4.69, 9.17) is 18.9 Å². The Labute approximate surface area is 188 Å². The molecule has 0 radical (unpaired) electrons. The van der Waals surface area contributed by atoms with E-state index >= 15 is 0 Å². The van der Waals surface area contributed by atoms with Gasteiger partial charge in [-0.25, -0.2) is 9.97 Å². The number of anilines is 2.